The Morgan fingerprint density at radius 3 is 2.35 bits per heavy atom. The van der Waals surface area contributed by atoms with E-state index in [1.807, 2.05) is 11.3 Å². The second-order valence-corrected chi connectivity index (χ2v) is 7.35. The van der Waals surface area contributed by atoms with Gasteiger partial charge < -0.3 is 0 Å². The number of alkyl halides is 1. The first kappa shape index (κ1) is 13.3. The van der Waals surface area contributed by atoms with Crippen LogP contribution < -0.4 is 0 Å². The summed E-state index contributed by atoms with van der Waals surface area (Å²) in [6, 6.07) is 8.80. The van der Waals surface area contributed by atoms with Gasteiger partial charge in [0, 0.05) is 14.2 Å². The van der Waals surface area contributed by atoms with Crippen molar-refractivity contribution >= 4 is 43.2 Å². The molecule has 1 atom stereocenters. The van der Waals surface area contributed by atoms with Gasteiger partial charge in [-0.2, -0.15) is 0 Å². The molecule has 0 nitrogen and oxygen atoms in total. The summed E-state index contributed by atoms with van der Waals surface area (Å²) in [5.74, 6) is 0. The zero-order valence-corrected chi connectivity index (χ0v) is 14.0. The van der Waals surface area contributed by atoms with Crippen molar-refractivity contribution in [3.8, 4) is 0 Å². The molecule has 0 spiro atoms. The molecule has 2 rings (SSSR count). The van der Waals surface area contributed by atoms with Gasteiger partial charge in [-0.1, -0.05) is 39.7 Å². The molecule has 1 aromatic carbocycles. The fraction of sp³-hybridized carbons (Fsp3) is 0.286. The Hall–Kier alpha value is -0.120. The topological polar surface area (TPSA) is 0 Å². The van der Waals surface area contributed by atoms with Gasteiger partial charge in [0.05, 0.1) is 4.83 Å². The van der Waals surface area contributed by atoms with Crippen LogP contribution >= 0.6 is 43.2 Å². The van der Waals surface area contributed by atoms with Gasteiger partial charge in [-0.15, -0.1) is 11.3 Å². The summed E-state index contributed by atoms with van der Waals surface area (Å²) in [6.45, 7) is 6.44. The third-order valence-electron chi connectivity index (χ3n) is 2.76. The van der Waals surface area contributed by atoms with Crippen LogP contribution in [0.5, 0.6) is 0 Å². The van der Waals surface area contributed by atoms with E-state index in [9.17, 15) is 0 Å². The van der Waals surface area contributed by atoms with Crippen LogP contribution in [0.2, 0.25) is 0 Å². The number of hydrogen-bond acceptors (Lipinski definition) is 1. The highest BCUT2D eigenvalue weighted by molar-refractivity contribution is 9.11. The average molecular weight is 374 g/mol. The van der Waals surface area contributed by atoms with Crippen molar-refractivity contribution < 1.29 is 0 Å². The fourth-order valence-corrected chi connectivity index (χ4v) is 5.15. The smallest absolute Gasteiger partial charge is 0.0752 e. The van der Waals surface area contributed by atoms with E-state index in [-0.39, 0.29) is 4.83 Å². The molecule has 0 bridgehead atoms. The number of thiophene rings is 1. The molecule has 0 saturated heterocycles. The maximum absolute atomic E-state index is 3.81. The Labute approximate surface area is 123 Å². The summed E-state index contributed by atoms with van der Waals surface area (Å²) in [5, 5.41) is 0. The standard InChI is InChI=1S/C14H14Br2S/c1-8-4-5-11(9(2)6-8)13(16)14-12(15)7-10(3)17-14/h4-7,13H,1-3H3. The maximum atomic E-state index is 3.81. The van der Waals surface area contributed by atoms with Crippen molar-refractivity contribution in [2.45, 2.75) is 25.6 Å². The molecule has 1 heterocycles. The van der Waals surface area contributed by atoms with E-state index >= 15 is 0 Å². The van der Waals surface area contributed by atoms with Crippen LogP contribution in [0.3, 0.4) is 0 Å². The third kappa shape index (κ3) is 2.83. The van der Waals surface area contributed by atoms with Crippen LogP contribution in [-0.2, 0) is 0 Å². The first-order valence-electron chi connectivity index (χ1n) is 5.46. The molecule has 1 aromatic heterocycles. The van der Waals surface area contributed by atoms with Crippen molar-refractivity contribution in [2.24, 2.45) is 0 Å². The summed E-state index contributed by atoms with van der Waals surface area (Å²) in [5.41, 5.74) is 4.00. The Morgan fingerprint density at radius 1 is 1.12 bits per heavy atom. The van der Waals surface area contributed by atoms with Gasteiger partial charge in [0.25, 0.3) is 0 Å². The lowest BCUT2D eigenvalue weighted by Gasteiger charge is -2.13. The highest BCUT2D eigenvalue weighted by atomic mass is 79.9. The van der Waals surface area contributed by atoms with E-state index in [2.05, 4.69) is 76.9 Å². The first-order chi connectivity index (χ1) is 7.99. The molecule has 0 aliphatic rings. The average Bonchev–Trinajstić information content (AvgIpc) is 2.57. The van der Waals surface area contributed by atoms with Crippen LogP contribution in [0.15, 0.2) is 28.7 Å². The summed E-state index contributed by atoms with van der Waals surface area (Å²) in [4.78, 5) is 2.95. The second-order valence-electron chi connectivity index (χ2n) is 4.29. The number of hydrogen-bond donors (Lipinski definition) is 0. The van der Waals surface area contributed by atoms with Crippen LogP contribution in [0, 0.1) is 20.8 Å². The molecule has 17 heavy (non-hydrogen) atoms. The summed E-state index contributed by atoms with van der Waals surface area (Å²) >= 11 is 9.28. The first-order valence-corrected chi connectivity index (χ1v) is 7.98. The molecule has 0 N–H and O–H groups in total. The van der Waals surface area contributed by atoms with Gasteiger partial charge in [-0.25, -0.2) is 0 Å². The largest absolute Gasteiger partial charge is 0.143 e. The number of benzene rings is 1. The minimum Gasteiger partial charge on any atom is -0.143 e. The lowest BCUT2D eigenvalue weighted by Crippen LogP contribution is -1.94. The van der Waals surface area contributed by atoms with Gasteiger partial charge in [0.2, 0.25) is 0 Å². The Kier molecular flexibility index (Phi) is 4.11. The van der Waals surface area contributed by atoms with Crippen molar-refractivity contribution in [2.75, 3.05) is 0 Å². The fourth-order valence-electron chi connectivity index (χ4n) is 1.93. The van der Waals surface area contributed by atoms with E-state index in [1.54, 1.807) is 0 Å². The van der Waals surface area contributed by atoms with E-state index < -0.39 is 0 Å². The Balaban J connectivity index is 2.43. The molecule has 3 heteroatoms. The molecule has 0 amide bonds. The number of aryl methyl sites for hydroxylation is 3. The van der Waals surface area contributed by atoms with Crippen molar-refractivity contribution in [3.05, 3.63) is 55.2 Å². The number of halogens is 2. The third-order valence-corrected chi connectivity index (χ3v) is 6.05. The van der Waals surface area contributed by atoms with E-state index in [0.717, 1.165) is 0 Å². The summed E-state index contributed by atoms with van der Waals surface area (Å²) in [7, 11) is 0. The van der Waals surface area contributed by atoms with Gasteiger partial charge in [-0.3, -0.25) is 0 Å². The van der Waals surface area contributed by atoms with Crippen molar-refractivity contribution in [1.29, 1.82) is 0 Å². The Morgan fingerprint density at radius 2 is 1.82 bits per heavy atom. The molecule has 90 valence electrons. The highest BCUT2D eigenvalue weighted by Crippen LogP contribution is 2.41. The molecule has 0 fully saturated rings. The predicted molar refractivity (Wildman–Crippen MR) is 83.4 cm³/mol. The summed E-state index contributed by atoms with van der Waals surface area (Å²) in [6.07, 6.45) is 0. The SMILES string of the molecule is Cc1ccc(C(Br)c2sc(C)cc2Br)c(C)c1. The Bertz CT molecular complexity index is 543. The zero-order chi connectivity index (χ0) is 12.6. The molecule has 1 unspecified atom stereocenters. The minimum atomic E-state index is 0.274. The molecule has 0 aliphatic carbocycles. The van der Waals surface area contributed by atoms with Gasteiger partial charge in [-0.05, 0) is 53.9 Å². The van der Waals surface area contributed by atoms with Crippen LogP contribution in [0.4, 0.5) is 0 Å². The predicted octanol–water partition coefficient (Wildman–Crippen LogP) is 5.92. The number of rotatable bonds is 2. The lowest BCUT2D eigenvalue weighted by molar-refractivity contribution is 1.16. The van der Waals surface area contributed by atoms with Gasteiger partial charge in [0.15, 0.2) is 0 Å². The normalized spacial score (nSPS) is 12.8. The monoisotopic (exact) mass is 372 g/mol. The minimum absolute atomic E-state index is 0.274. The molecule has 0 aliphatic heterocycles. The highest BCUT2D eigenvalue weighted by Gasteiger charge is 2.17. The van der Waals surface area contributed by atoms with Crippen LogP contribution in [-0.4, -0.2) is 0 Å². The quantitative estimate of drug-likeness (QED) is 0.573. The molecular weight excluding hydrogens is 360 g/mol. The van der Waals surface area contributed by atoms with Crippen molar-refractivity contribution in [3.63, 3.8) is 0 Å². The van der Waals surface area contributed by atoms with E-state index in [4.69, 9.17) is 0 Å². The van der Waals surface area contributed by atoms with Gasteiger partial charge in [0.1, 0.15) is 0 Å². The summed E-state index contributed by atoms with van der Waals surface area (Å²) < 4.78 is 1.20. The second kappa shape index (κ2) is 5.25. The molecule has 2 aromatic rings. The van der Waals surface area contributed by atoms with E-state index in [1.165, 1.54) is 30.9 Å². The molecule has 0 saturated carbocycles. The van der Waals surface area contributed by atoms with E-state index in [0.29, 0.717) is 0 Å². The zero-order valence-electron chi connectivity index (χ0n) is 10.1. The maximum Gasteiger partial charge on any atom is 0.0752 e. The lowest BCUT2D eigenvalue weighted by atomic mass is 10.0. The van der Waals surface area contributed by atoms with Crippen LogP contribution in [0.1, 0.15) is 31.3 Å². The van der Waals surface area contributed by atoms with Crippen molar-refractivity contribution in [1.82, 2.24) is 0 Å². The van der Waals surface area contributed by atoms with Crippen LogP contribution in [0.25, 0.3) is 0 Å². The molecular formula is C14H14Br2S. The molecule has 0 radical (unpaired) electrons. The van der Waals surface area contributed by atoms with Gasteiger partial charge >= 0.3 is 0 Å².